The van der Waals surface area contributed by atoms with E-state index in [1.54, 1.807) is 6.08 Å². The second kappa shape index (κ2) is 7.40. The molecule has 0 aromatic heterocycles. The minimum absolute atomic E-state index is 0.236. The third-order valence-corrected chi connectivity index (χ3v) is 5.09. The number of hydrogen-bond donors (Lipinski definition) is 2. The maximum atomic E-state index is 11.6. The van der Waals surface area contributed by atoms with E-state index in [1.807, 2.05) is 36.4 Å². The summed E-state index contributed by atoms with van der Waals surface area (Å²) in [5.41, 5.74) is 2.17. The summed E-state index contributed by atoms with van der Waals surface area (Å²) in [5, 5.41) is 7.03. The van der Waals surface area contributed by atoms with Crippen LogP contribution in [-0.4, -0.2) is 11.9 Å². The molecule has 0 bridgehead atoms. The minimum atomic E-state index is -0.504. The smallest absolute Gasteiger partial charge is 0.326 e. The summed E-state index contributed by atoms with van der Waals surface area (Å²) in [6, 6.07) is 19.5. The van der Waals surface area contributed by atoms with Gasteiger partial charge in [0.25, 0.3) is 5.91 Å². The number of ether oxygens (including phenoxy) is 1. The molecule has 1 heterocycles. The van der Waals surface area contributed by atoms with Crippen molar-refractivity contribution in [2.45, 2.75) is 6.61 Å². The Morgan fingerprint density at radius 2 is 1.78 bits per heavy atom. The van der Waals surface area contributed by atoms with Crippen LogP contribution >= 0.6 is 22.6 Å². The van der Waals surface area contributed by atoms with Crippen molar-refractivity contribution in [3.05, 3.63) is 81.1 Å². The number of carbonyl (C=O) groups is 2. The third-order valence-electron chi connectivity index (χ3n) is 4.25. The van der Waals surface area contributed by atoms with Gasteiger partial charge in [0.05, 0.1) is 3.57 Å². The van der Waals surface area contributed by atoms with Gasteiger partial charge < -0.3 is 10.1 Å². The zero-order chi connectivity index (χ0) is 18.8. The minimum Gasteiger partial charge on any atom is -0.488 e. The summed E-state index contributed by atoms with van der Waals surface area (Å²) in [6.45, 7) is 0.469. The quantitative estimate of drug-likeness (QED) is 0.341. The summed E-state index contributed by atoms with van der Waals surface area (Å²) in [4.78, 5) is 22.8. The SMILES string of the molecule is O=C1NC(=O)/C(=C/c2ccc(OCc3cccc4ccccc34)c(I)c2)N1. The molecule has 27 heavy (non-hydrogen) atoms. The van der Waals surface area contributed by atoms with Crippen LogP contribution in [0.4, 0.5) is 4.79 Å². The molecule has 3 aromatic rings. The van der Waals surface area contributed by atoms with Crippen molar-refractivity contribution >= 4 is 51.4 Å². The van der Waals surface area contributed by atoms with Crippen molar-refractivity contribution in [3.63, 3.8) is 0 Å². The van der Waals surface area contributed by atoms with E-state index in [1.165, 1.54) is 10.8 Å². The van der Waals surface area contributed by atoms with Crippen LogP contribution < -0.4 is 15.4 Å². The number of halogens is 1. The third kappa shape index (κ3) is 3.80. The Morgan fingerprint density at radius 3 is 2.56 bits per heavy atom. The Bertz CT molecular complexity index is 1090. The van der Waals surface area contributed by atoms with E-state index in [-0.39, 0.29) is 5.70 Å². The van der Waals surface area contributed by atoms with E-state index in [4.69, 9.17) is 4.74 Å². The largest absolute Gasteiger partial charge is 0.488 e. The van der Waals surface area contributed by atoms with Gasteiger partial charge in [-0.3, -0.25) is 10.1 Å². The van der Waals surface area contributed by atoms with E-state index in [0.29, 0.717) is 6.61 Å². The van der Waals surface area contributed by atoms with E-state index in [2.05, 4.69) is 57.5 Å². The Kier molecular flexibility index (Phi) is 4.81. The normalized spacial score (nSPS) is 15.1. The van der Waals surface area contributed by atoms with E-state index in [9.17, 15) is 9.59 Å². The Hall–Kier alpha value is -2.87. The molecule has 0 saturated carbocycles. The molecule has 1 aliphatic rings. The number of rotatable bonds is 4. The van der Waals surface area contributed by atoms with Crippen molar-refractivity contribution in [1.82, 2.24) is 10.6 Å². The van der Waals surface area contributed by atoms with Gasteiger partial charge >= 0.3 is 6.03 Å². The van der Waals surface area contributed by atoms with E-state index >= 15 is 0 Å². The molecule has 3 aromatic carbocycles. The lowest BCUT2D eigenvalue weighted by atomic mass is 10.1. The second-order valence-electron chi connectivity index (χ2n) is 6.08. The van der Waals surface area contributed by atoms with Crippen LogP contribution in [0.5, 0.6) is 5.75 Å². The van der Waals surface area contributed by atoms with Crippen molar-refractivity contribution in [2.75, 3.05) is 0 Å². The molecule has 0 aliphatic carbocycles. The van der Waals surface area contributed by atoms with Crippen molar-refractivity contribution in [3.8, 4) is 5.75 Å². The summed E-state index contributed by atoms with van der Waals surface area (Å²) in [6.07, 6.45) is 1.64. The molecule has 3 amide bonds. The van der Waals surface area contributed by atoms with Crippen LogP contribution in [0.3, 0.4) is 0 Å². The van der Waals surface area contributed by atoms with E-state index < -0.39 is 11.9 Å². The van der Waals surface area contributed by atoms with Gasteiger partial charge in [0.2, 0.25) is 0 Å². The summed E-state index contributed by atoms with van der Waals surface area (Å²) >= 11 is 2.20. The van der Waals surface area contributed by atoms with Gasteiger partial charge in [-0.25, -0.2) is 4.79 Å². The van der Waals surface area contributed by atoms with E-state index in [0.717, 1.165) is 20.4 Å². The number of hydrogen-bond acceptors (Lipinski definition) is 3. The molecule has 5 nitrogen and oxygen atoms in total. The number of benzene rings is 3. The van der Waals surface area contributed by atoms with Gasteiger partial charge in [-0.15, -0.1) is 0 Å². The molecule has 6 heteroatoms. The average molecular weight is 470 g/mol. The number of fused-ring (bicyclic) bond motifs is 1. The predicted octanol–water partition coefficient (Wildman–Crippen LogP) is 4.20. The second-order valence-corrected chi connectivity index (χ2v) is 7.25. The number of imide groups is 1. The van der Waals surface area contributed by atoms with Crippen LogP contribution in [0, 0.1) is 3.57 Å². The monoisotopic (exact) mass is 470 g/mol. The van der Waals surface area contributed by atoms with Crippen molar-refractivity contribution < 1.29 is 14.3 Å². The summed E-state index contributed by atoms with van der Waals surface area (Å²) in [5.74, 6) is 0.344. The van der Waals surface area contributed by atoms with Gasteiger partial charge in [0.1, 0.15) is 18.1 Å². The number of carbonyl (C=O) groups excluding carboxylic acids is 2. The zero-order valence-corrected chi connectivity index (χ0v) is 16.3. The molecule has 2 N–H and O–H groups in total. The number of urea groups is 1. The number of amides is 3. The molecule has 4 rings (SSSR count). The molecular formula is C21H15IN2O3. The molecule has 0 atom stereocenters. The highest BCUT2D eigenvalue weighted by atomic mass is 127. The first-order valence-electron chi connectivity index (χ1n) is 8.33. The predicted molar refractivity (Wildman–Crippen MR) is 112 cm³/mol. The Balaban J connectivity index is 1.52. The van der Waals surface area contributed by atoms with Crippen LogP contribution in [-0.2, 0) is 11.4 Å². The fraction of sp³-hybridized carbons (Fsp3) is 0.0476. The molecule has 1 fully saturated rings. The van der Waals surface area contributed by atoms with Crippen molar-refractivity contribution in [1.29, 1.82) is 0 Å². The average Bonchev–Trinajstić information content (AvgIpc) is 2.98. The van der Waals surface area contributed by atoms with Gasteiger partial charge in [-0.2, -0.15) is 0 Å². The van der Waals surface area contributed by atoms with Crippen LogP contribution in [0.2, 0.25) is 0 Å². The molecule has 0 spiro atoms. The molecule has 0 radical (unpaired) electrons. The fourth-order valence-corrected chi connectivity index (χ4v) is 3.64. The maximum absolute atomic E-state index is 11.6. The Morgan fingerprint density at radius 1 is 0.963 bits per heavy atom. The molecular weight excluding hydrogens is 455 g/mol. The van der Waals surface area contributed by atoms with Gasteiger partial charge in [-0.05, 0) is 62.7 Å². The molecule has 0 unspecified atom stereocenters. The van der Waals surface area contributed by atoms with Crippen molar-refractivity contribution in [2.24, 2.45) is 0 Å². The molecule has 1 aliphatic heterocycles. The Labute approximate surface area is 169 Å². The molecule has 134 valence electrons. The maximum Gasteiger partial charge on any atom is 0.326 e. The van der Waals surface area contributed by atoms with Crippen LogP contribution in [0.25, 0.3) is 16.8 Å². The highest BCUT2D eigenvalue weighted by Crippen LogP contribution is 2.26. The highest BCUT2D eigenvalue weighted by Gasteiger charge is 2.22. The summed E-state index contributed by atoms with van der Waals surface area (Å²) < 4.78 is 6.94. The number of nitrogens with one attached hydrogen (secondary N) is 2. The van der Waals surface area contributed by atoms with Crippen LogP contribution in [0.15, 0.2) is 66.4 Å². The zero-order valence-electron chi connectivity index (χ0n) is 14.2. The first-order valence-corrected chi connectivity index (χ1v) is 9.41. The topological polar surface area (TPSA) is 67.4 Å². The summed E-state index contributed by atoms with van der Waals surface area (Å²) in [7, 11) is 0. The lowest BCUT2D eigenvalue weighted by molar-refractivity contribution is -0.115. The highest BCUT2D eigenvalue weighted by molar-refractivity contribution is 14.1. The first-order chi connectivity index (χ1) is 13.1. The fourth-order valence-electron chi connectivity index (χ4n) is 2.95. The van der Waals surface area contributed by atoms with Gasteiger partial charge in [-0.1, -0.05) is 48.5 Å². The lowest BCUT2D eigenvalue weighted by Crippen LogP contribution is -2.22. The van der Waals surface area contributed by atoms with Gasteiger partial charge in [0.15, 0.2) is 0 Å². The van der Waals surface area contributed by atoms with Gasteiger partial charge in [0, 0.05) is 0 Å². The first kappa shape index (κ1) is 17.5. The van der Waals surface area contributed by atoms with Crippen LogP contribution in [0.1, 0.15) is 11.1 Å². The lowest BCUT2D eigenvalue weighted by Gasteiger charge is -2.11. The molecule has 1 saturated heterocycles. The standard InChI is InChI=1S/C21H15IN2O3/c22-17-10-13(11-18-20(25)24-21(26)23-18)8-9-19(17)27-12-15-6-3-5-14-4-1-2-7-16(14)15/h1-11H,12H2,(H2,23,24,25,26)/b18-11-.